The summed E-state index contributed by atoms with van der Waals surface area (Å²) in [6, 6.07) is 23.6. The third kappa shape index (κ3) is 5.66. The molecule has 0 aliphatic rings. The van der Waals surface area contributed by atoms with E-state index >= 15 is 0 Å². The molecule has 0 saturated heterocycles. The fourth-order valence-electron chi connectivity index (χ4n) is 2.84. The zero-order valence-electron chi connectivity index (χ0n) is 17.0. The summed E-state index contributed by atoms with van der Waals surface area (Å²) in [6.45, 7) is 2.10. The molecule has 0 atom stereocenters. The first kappa shape index (κ1) is 20.1. The van der Waals surface area contributed by atoms with E-state index < -0.39 is 0 Å². The third-order valence-corrected chi connectivity index (χ3v) is 4.58. The Balaban J connectivity index is 1.63. The number of aryl methyl sites for hydroxylation is 1. The molecule has 3 aromatic rings. The molecule has 0 aliphatic carbocycles. The molecule has 1 N–H and O–H groups in total. The first-order chi connectivity index (χ1) is 14.0. The van der Waals surface area contributed by atoms with Gasteiger partial charge in [-0.15, -0.1) is 0 Å². The number of anilines is 1. The molecular formula is C25H25N3O. The van der Waals surface area contributed by atoms with E-state index in [9.17, 15) is 4.79 Å². The Hall–Kier alpha value is -3.66. The molecule has 0 bridgehead atoms. The zero-order valence-corrected chi connectivity index (χ0v) is 17.0. The van der Waals surface area contributed by atoms with Gasteiger partial charge in [0.25, 0.3) is 5.91 Å². The number of amides is 1. The van der Waals surface area contributed by atoms with Gasteiger partial charge >= 0.3 is 0 Å². The van der Waals surface area contributed by atoms with E-state index in [4.69, 9.17) is 0 Å². The van der Waals surface area contributed by atoms with Crippen LogP contribution in [0.1, 0.15) is 32.6 Å². The molecule has 4 nitrogen and oxygen atoms in total. The van der Waals surface area contributed by atoms with E-state index in [0.29, 0.717) is 5.56 Å². The Morgan fingerprint density at radius 3 is 2.34 bits per heavy atom. The second-order valence-electron chi connectivity index (χ2n) is 7.00. The SMILES string of the molecule is Cc1ccccc1/C=C/c1cccc(/C=N/NC(=O)c2ccc(N(C)C)cc2)c1. The van der Waals surface area contributed by atoms with Crippen LogP contribution in [0.2, 0.25) is 0 Å². The summed E-state index contributed by atoms with van der Waals surface area (Å²) in [5, 5.41) is 4.09. The zero-order chi connectivity index (χ0) is 20.6. The number of rotatable bonds is 6. The average Bonchev–Trinajstić information content (AvgIpc) is 2.73. The molecule has 0 saturated carbocycles. The van der Waals surface area contributed by atoms with E-state index in [1.54, 1.807) is 18.3 Å². The summed E-state index contributed by atoms with van der Waals surface area (Å²) < 4.78 is 0. The Morgan fingerprint density at radius 2 is 1.62 bits per heavy atom. The van der Waals surface area contributed by atoms with Gasteiger partial charge in [-0.3, -0.25) is 4.79 Å². The lowest BCUT2D eigenvalue weighted by Gasteiger charge is -2.12. The lowest BCUT2D eigenvalue weighted by molar-refractivity contribution is 0.0955. The van der Waals surface area contributed by atoms with Crippen LogP contribution in [-0.2, 0) is 0 Å². The smallest absolute Gasteiger partial charge is 0.271 e. The highest BCUT2D eigenvalue weighted by Gasteiger charge is 2.04. The van der Waals surface area contributed by atoms with Crippen molar-refractivity contribution in [1.29, 1.82) is 0 Å². The molecule has 3 aromatic carbocycles. The fourth-order valence-corrected chi connectivity index (χ4v) is 2.84. The van der Waals surface area contributed by atoms with Crippen molar-refractivity contribution in [3.8, 4) is 0 Å². The van der Waals surface area contributed by atoms with Gasteiger partial charge in [0.15, 0.2) is 0 Å². The summed E-state index contributed by atoms with van der Waals surface area (Å²) in [5.41, 5.74) is 8.62. The molecule has 0 radical (unpaired) electrons. The Labute approximate surface area is 172 Å². The van der Waals surface area contributed by atoms with Gasteiger partial charge in [-0.2, -0.15) is 5.10 Å². The van der Waals surface area contributed by atoms with Gasteiger partial charge in [-0.05, 0) is 59.5 Å². The van der Waals surface area contributed by atoms with E-state index in [1.807, 2.05) is 67.5 Å². The van der Waals surface area contributed by atoms with Crippen LogP contribution in [0, 0.1) is 6.92 Å². The lowest BCUT2D eigenvalue weighted by atomic mass is 10.1. The molecular weight excluding hydrogens is 358 g/mol. The predicted molar refractivity (Wildman–Crippen MR) is 122 cm³/mol. The monoisotopic (exact) mass is 383 g/mol. The fraction of sp³-hybridized carbons (Fsp3) is 0.120. The highest BCUT2D eigenvalue weighted by molar-refractivity contribution is 5.95. The first-order valence-corrected chi connectivity index (χ1v) is 9.47. The molecule has 0 aromatic heterocycles. The number of nitrogens with one attached hydrogen (secondary N) is 1. The van der Waals surface area contributed by atoms with Gasteiger partial charge < -0.3 is 4.90 Å². The lowest BCUT2D eigenvalue weighted by Crippen LogP contribution is -2.17. The maximum absolute atomic E-state index is 12.2. The molecule has 0 heterocycles. The van der Waals surface area contributed by atoms with Crippen molar-refractivity contribution in [3.05, 3.63) is 101 Å². The number of benzene rings is 3. The molecule has 1 amide bonds. The summed E-state index contributed by atoms with van der Waals surface area (Å²) >= 11 is 0. The van der Waals surface area contributed by atoms with Gasteiger partial charge in [0, 0.05) is 25.3 Å². The van der Waals surface area contributed by atoms with E-state index in [2.05, 4.69) is 41.7 Å². The van der Waals surface area contributed by atoms with Crippen LogP contribution in [0.3, 0.4) is 0 Å². The van der Waals surface area contributed by atoms with Crippen LogP contribution >= 0.6 is 0 Å². The van der Waals surface area contributed by atoms with Crippen LogP contribution in [0.5, 0.6) is 0 Å². The molecule has 29 heavy (non-hydrogen) atoms. The first-order valence-electron chi connectivity index (χ1n) is 9.47. The molecule has 0 aliphatic heterocycles. The van der Waals surface area contributed by atoms with Gasteiger partial charge in [0.2, 0.25) is 0 Å². The molecule has 4 heteroatoms. The molecule has 0 spiro atoms. The van der Waals surface area contributed by atoms with Crippen molar-refractivity contribution >= 4 is 30.0 Å². The van der Waals surface area contributed by atoms with Crippen molar-refractivity contribution in [3.63, 3.8) is 0 Å². The molecule has 3 rings (SSSR count). The Morgan fingerprint density at radius 1 is 0.897 bits per heavy atom. The number of carbonyl (C=O) groups is 1. The minimum absolute atomic E-state index is 0.234. The average molecular weight is 383 g/mol. The van der Waals surface area contributed by atoms with Crippen molar-refractivity contribution in [2.45, 2.75) is 6.92 Å². The highest BCUT2D eigenvalue weighted by Crippen LogP contribution is 2.14. The standard InChI is InChI=1S/C25H25N3O/c1-19-7-4-5-10-22(19)12-11-20-8-6-9-21(17-20)18-26-27-25(29)23-13-15-24(16-14-23)28(2)3/h4-18H,1-3H3,(H,27,29)/b12-11+,26-18+. The number of nitrogens with zero attached hydrogens (tertiary/aromatic N) is 2. The van der Waals surface area contributed by atoms with Crippen molar-refractivity contribution in [1.82, 2.24) is 5.43 Å². The van der Waals surface area contributed by atoms with Crippen LogP contribution < -0.4 is 10.3 Å². The summed E-state index contributed by atoms with van der Waals surface area (Å²) in [4.78, 5) is 14.2. The Kier molecular flexibility index (Phi) is 6.59. The number of carbonyl (C=O) groups excluding carboxylic acids is 1. The van der Waals surface area contributed by atoms with E-state index in [-0.39, 0.29) is 5.91 Å². The van der Waals surface area contributed by atoms with Crippen LogP contribution in [0.4, 0.5) is 5.69 Å². The quantitative estimate of drug-likeness (QED) is 0.370. The van der Waals surface area contributed by atoms with Gasteiger partial charge in [-0.1, -0.05) is 54.6 Å². The molecule has 0 unspecified atom stereocenters. The minimum Gasteiger partial charge on any atom is -0.378 e. The van der Waals surface area contributed by atoms with Gasteiger partial charge in [-0.25, -0.2) is 5.43 Å². The molecule has 0 fully saturated rings. The van der Waals surface area contributed by atoms with Crippen molar-refractivity contribution < 1.29 is 4.79 Å². The van der Waals surface area contributed by atoms with E-state index in [0.717, 1.165) is 16.8 Å². The second kappa shape index (κ2) is 9.51. The largest absolute Gasteiger partial charge is 0.378 e. The number of hydrazone groups is 1. The van der Waals surface area contributed by atoms with Gasteiger partial charge in [0.1, 0.15) is 0 Å². The highest BCUT2D eigenvalue weighted by atomic mass is 16.2. The van der Waals surface area contributed by atoms with Crippen LogP contribution in [-0.4, -0.2) is 26.2 Å². The third-order valence-electron chi connectivity index (χ3n) is 4.58. The Bertz CT molecular complexity index is 1030. The van der Waals surface area contributed by atoms with Crippen LogP contribution in [0.25, 0.3) is 12.2 Å². The second-order valence-corrected chi connectivity index (χ2v) is 7.00. The summed E-state index contributed by atoms with van der Waals surface area (Å²) in [7, 11) is 3.92. The maximum Gasteiger partial charge on any atom is 0.271 e. The summed E-state index contributed by atoms with van der Waals surface area (Å²) in [6.07, 6.45) is 5.83. The van der Waals surface area contributed by atoms with E-state index in [1.165, 1.54) is 11.1 Å². The normalized spacial score (nSPS) is 11.1. The maximum atomic E-state index is 12.2. The van der Waals surface area contributed by atoms with Crippen LogP contribution in [0.15, 0.2) is 77.9 Å². The predicted octanol–water partition coefficient (Wildman–Crippen LogP) is 5.00. The van der Waals surface area contributed by atoms with Gasteiger partial charge in [0.05, 0.1) is 6.21 Å². The topological polar surface area (TPSA) is 44.7 Å². The van der Waals surface area contributed by atoms with Crippen molar-refractivity contribution in [2.75, 3.05) is 19.0 Å². The minimum atomic E-state index is -0.234. The molecule has 146 valence electrons. The number of hydrogen-bond donors (Lipinski definition) is 1. The van der Waals surface area contributed by atoms with Crippen molar-refractivity contribution in [2.24, 2.45) is 5.10 Å². The number of hydrogen-bond acceptors (Lipinski definition) is 3. The summed E-state index contributed by atoms with van der Waals surface area (Å²) in [5.74, 6) is -0.234.